The summed E-state index contributed by atoms with van der Waals surface area (Å²) in [5, 5.41) is 0. The average Bonchev–Trinajstić information content (AvgIpc) is 2.06. The fourth-order valence-corrected chi connectivity index (χ4v) is 0.613. The second-order valence-corrected chi connectivity index (χ2v) is 9.15. The lowest BCUT2D eigenvalue weighted by molar-refractivity contribution is 1.28. The molecule has 1 heterocycles. The van der Waals surface area contributed by atoms with Crippen molar-refractivity contribution in [2.24, 2.45) is 0 Å². The van der Waals surface area contributed by atoms with Crippen molar-refractivity contribution in [1.29, 1.82) is 0 Å². The van der Waals surface area contributed by atoms with Gasteiger partial charge in [-0.15, -0.1) is 12.0 Å². The fourth-order valence-electron chi connectivity index (χ4n) is 0.342. The zero-order valence-corrected chi connectivity index (χ0v) is 10.8. The average molecular weight is 256 g/mol. The molecule has 0 aliphatic carbocycles. The van der Waals surface area contributed by atoms with Crippen molar-refractivity contribution >= 4 is 24.0 Å². The molecule has 0 saturated carbocycles. The Morgan fingerprint density at radius 3 is 2.08 bits per heavy atom. The summed E-state index contributed by atoms with van der Waals surface area (Å²) in [5.41, 5.74) is 2.74. The molecule has 0 bridgehead atoms. The van der Waals surface area contributed by atoms with Gasteiger partial charge in [-0.1, -0.05) is 25.7 Å². The molecule has 1 rings (SSSR count). The van der Waals surface area contributed by atoms with Crippen molar-refractivity contribution in [3.05, 3.63) is 29.0 Å². The standard InChI is InChI=1S/C5H4BrN.C5H10Si/c6-5-3-1-2-4-7-5;1-5-6(2,3)4/h1-4H;1H,2-4H3. The molecule has 0 N–H and O–H groups in total. The number of aromatic nitrogens is 1. The maximum absolute atomic E-state index is 5.12. The van der Waals surface area contributed by atoms with Gasteiger partial charge in [0.25, 0.3) is 0 Å². The molecular formula is C10H14BrNSi. The van der Waals surface area contributed by atoms with E-state index in [4.69, 9.17) is 6.42 Å². The third-order valence-corrected chi connectivity index (χ3v) is 2.40. The molecule has 13 heavy (non-hydrogen) atoms. The molecule has 0 saturated heterocycles. The Kier molecular flexibility index (Phi) is 5.68. The summed E-state index contributed by atoms with van der Waals surface area (Å²) in [5.74, 6) is 0. The largest absolute Gasteiger partial charge is 0.249 e. The van der Waals surface area contributed by atoms with Gasteiger partial charge in [-0.2, -0.15) is 0 Å². The highest BCUT2D eigenvalue weighted by atomic mass is 79.9. The number of pyridine rings is 1. The predicted octanol–water partition coefficient (Wildman–Crippen LogP) is 3.34. The van der Waals surface area contributed by atoms with Gasteiger partial charge < -0.3 is 0 Å². The molecule has 0 aliphatic rings. The fraction of sp³-hybridized carbons (Fsp3) is 0.300. The summed E-state index contributed by atoms with van der Waals surface area (Å²) in [7, 11) is -1.10. The summed E-state index contributed by atoms with van der Waals surface area (Å²) in [6, 6.07) is 5.70. The molecule has 1 aromatic rings. The van der Waals surface area contributed by atoms with E-state index in [0.29, 0.717) is 0 Å². The van der Waals surface area contributed by atoms with Crippen LogP contribution in [0.15, 0.2) is 29.0 Å². The maximum Gasteiger partial charge on any atom is 0.128 e. The van der Waals surface area contributed by atoms with E-state index in [0.717, 1.165) is 4.60 Å². The number of hydrogen-bond acceptors (Lipinski definition) is 1. The van der Waals surface area contributed by atoms with Crippen molar-refractivity contribution in [2.45, 2.75) is 19.6 Å². The van der Waals surface area contributed by atoms with E-state index >= 15 is 0 Å². The Labute approximate surface area is 89.7 Å². The van der Waals surface area contributed by atoms with Crippen LogP contribution >= 0.6 is 15.9 Å². The highest BCUT2D eigenvalue weighted by Gasteiger charge is 2.05. The Morgan fingerprint density at radius 2 is 1.92 bits per heavy atom. The lowest BCUT2D eigenvalue weighted by Gasteiger charge is -2.00. The molecule has 0 spiro atoms. The first-order valence-corrected chi connectivity index (χ1v) is 8.29. The van der Waals surface area contributed by atoms with Crippen LogP contribution in [0.3, 0.4) is 0 Å². The summed E-state index contributed by atoms with van der Waals surface area (Å²) >= 11 is 3.20. The van der Waals surface area contributed by atoms with Crippen molar-refractivity contribution < 1.29 is 0 Å². The molecular weight excluding hydrogens is 242 g/mol. The monoisotopic (exact) mass is 255 g/mol. The van der Waals surface area contributed by atoms with Crippen LogP contribution in [-0.4, -0.2) is 13.1 Å². The Balaban J connectivity index is 0.000000226. The minimum atomic E-state index is -1.10. The molecule has 70 valence electrons. The van der Waals surface area contributed by atoms with Gasteiger partial charge in [0, 0.05) is 6.20 Å². The lowest BCUT2D eigenvalue weighted by Crippen LogP contribution is -2.15. The first-order valence-electron chi connectivity index (χ1n) is 4.00. The number of rotatable bonds is 0. The molecule has 0 radical (unpaired) electrons. The van der Waals surface area contributed by atoms with E-state index in [2.05, 4.69) is 46.1 Å². The lowest BCUT2D eigenvalue weighted by atomic mass is 10.5. The van der Waals surface area contributed by atoms with E-state index in [9.17, 15) is 0 Å². The smallest absolute Gasteiger partial charge is 0.128 e. The van der Waals surface area contributed by atoms with Gasteiger partial charge >= 0.3 is 0 Å². The molecule has 3 heteroatoms. The topological polar surface area (TPSA) is 12.9 Å². The van der Waals surface area contributed by atoms with Crippen LogP contribution in [0.5, 0.6) is 0 Å². The highest BCUT2D eigenvalue weighted by Crippen LogP contribution is 2.00. The van der Waals surface area contributed by atoms with Crippen molar-refractivity contribution in [1.82, 2.24) is 4.98 Å². The van der Waals surface area contributed by atoms with Gasteiger partial charge in [0.05, 0.1) is 0 Å². The van der Waals surface area contributed by atoms with Gasteiger partial charge in [-0.3, -0.25) is 0 Å². The van der Waals surface area contributed by atoms with Crippen LogP contribution in [0.4, 0.5) is 0 Å². The molecule has 1 nitrogen and oxygen atoms in total. The van der Waals surface area contributed by atoms with E-state index in [1.165, 1.54) is 0 Å². The number of halogens is 1. The Bertz CT molecular complexity index is 271. The summed E-state index contributed by atoms with van der Waals surface area (Å²) < 4.78 is 0.884. The van der Waals surface area contributed by atoms with Crippen LogP contribution < -0.4 is 0 Å². The van der Waals surface area contributed by atoms with Crippen molar-refractivity contribution in [2.75, 3.05) is 0 Å². The molecule has 0 aliphatic heterocycles. The molecule has 0 unspecified atom stereocenters. The van der Waals surface area contributed by atoms with Crippen molar-refractivity contribution in [3.8, 4) is 12.0 Å². The van der Waals surface area contributed by atoms with Gasteiger partial charge in [0.2, 0.25) is 0 Å². The van der Waals surface area contributed by atoms with Crippen LogP contribution in [0, 0.1) is 12.0 Å². The van der Waals surface area contributed by atoms with E-state index in [-0.39, 0.29) is 0 Å². The van der Waals surface area contributed by atoms with Crippen LogP contribution in [0.25, 0.3) is 0 Å². The number of terminal acetylenes is 1. The zero-order chi connectivity index (χ0) is 10.3. The van der Waals surface area contributed by atoms with Gasteiger partial charge in [-0.25, -0.2) is 4.98 Å². The maximum atomic E-state index is 5.12. The van der Waals surface area contributed by atoms with E-state index < -0.39 is 8.07 Å². The Morgan fingerprint density at radius 1 is 1.38 bits per heavy atom. The summed E-state index contributed by atoms with van der Waals surface area (Å²) in [6.07, 6.45) is 6.86. The molecule has 0 atom stereocenters. The number of nitrogens with zero attached hydrogens (tertiary/aromatic N) is 1. The molecule has 0 aromatic carbocycles. The molecule has 0 fully saturated rings. The van der Waals surface area contributed by atoms with Gasteiger partial charge in [0.15, 0.2) is 0 Å². The van der Waals surface area contributed by atoms with E-state index in [1.807, 2.05) is 18.2 Å². The second-order valence-electron chi connectivity index (χ2n) is 3.55. The first kappa shape index (κ1) is 12.4. The SMILES string of the molecule is Brc1ccccn1.C#C[Si](C)(C)C. The summed E-state index contributed by atoms with van der Waals surface area (Å²) in [6.45, 7) is 6.44. The van der Waals surface area contributed by atoms with Crippen LogP contribution in [-0.2, 0) is 0 Å². The number of hydrogen-bond donors (Lipinski definition) is 0. The molecule has 0 amide bonds. The van der Waals surface area contributed by atoms with Gasteiger partial charge in [0.1, 0.15) is 12.7 Å². The minimum absolute atomic E-state index is 0.884. The first-order chi connectivity index (χ1) is 5.95. The van der Waals surface area contributed by atoms with E-state index in [1.54, 1.807) is 6.20 Å². The second kappa shape index (κ2) is 5.95. The van der Waals surface area contributed by atoms with Crippen LogP contribution in [0.1, 0.15) is 0 Å². The Hall–Kier alpha value is -0.593. The normalized spacial score (nSPS) is 9.46. The van der Waals surface area contributed by atoms with Crippen molar-refractivity contribution in [3.63, 3.8) is 0 Å². The quantitative estimate of drug-likeness (QED) is 0.394. The van der Waals surface area contributed by atoms with Gasteiger partial charge in [-0.05, 0) is 28.1 Å². The zero-order valence-electron chi connectivity index (χ0n) is 8.21. The molecule has 1 aromatic heterocycles. The van der Waals surface area contributed by atoms with Crippen LogP contribution in [0.2, 0.25) is 19.6 Å². The minimum Gasteiger partial charge on any atom is -0.249 e. The highest BCUT2D eigenvalue weighted by molar-refractivity contribution is 9.10. The predicted molar refractivity (Wildman–Crippen MR) is 64.1 cm³/mol. The summed E-state index contributed by atoms with van der Waals surface area (Å²) in [4.78, 5) is 3.90. The third kappa shape index (κ3) is 9.32. The third-order valence-electron chi connectivity index (χ3n) is 1.06.